The Morgan fingerprint density at radius 1 is 0.938 bits per heavy atom. The SMILES string of the molecule is CCCCCCCCCCC[CH]C(=O)O.[NaH]. The average Bonchev–Trinajstić information content (AvgIpc) is 2.20. The molecule has 0 aliphatic carbocycles. The van der Waals surface area contributed by atoms with Crippen molar-refractivity contribution in [1.29, 1.82) is 0 Å². The summed E-state index contributed by atoms with van der Waals surface area (Å²) < 4.78 is 0. The molecule has 0 unspecified atom stereocenters. The van der Waals surface area contributed by atoms with Gasteiger partial charge in [0.1, 0.15) is 0 Å². The van der Waals surface area contributed by atoms with Gasteiger partial charge in [-0.15, -0.1) is 0 Å². The first kappa shape index (κ1) is 18.8. The molecule has 0 aliphatic heterocycles. The third-order valence-corrected chi connectivity index (χ3v) is 2.63. The Kier molecular flexibility index (Phi) is 18.2. The van der Waals surface area contributed by atoms with Crippen LogP contribution in [0.2, 0.25) is 0 Å². The Balaban J connectivity index is 0. The van der Waals surface area contributed by atoms with Crippen LogP contribution in [0.1, 0.15) is 71.1 Å². The predicted molar refractivity (Wildman–Crippen MR) is 70.9 cm³/mol. The van der Waals surface area contributed by atoms with Crippen molar-refractivity contribution in [2.24, 2.45) is 0 Å². The molecule has 0 atom stereocenters. The summed E-state index contributed by atoms with van der Waals surface area (Å²) in [7, 11) is 0. The van der Waals surface area contributed by atoms with E-state index in [9.17, 15) is 4.79 Å². The summed E-state index contributed by atoms with van der Waals surface area (Å²) in [5.74, 6) is -0.783. The Hall–Kier alpha value is 0.470. The van der Waals surface area contributed by atoms with Crippen LogP contribution in [0.3, 0.4) is 0 Å². The minimum absolute atomic E-state index is 0. The van der Waals surface area contributed by atoms with E-state index in [1.54, 1.807) is 0 Å². The van der Waals surface area contributed by atoms with Crippen LogP contribution in [0.25, 0.3) is 0 Å². The summed E-state index contributed by atoms with van der Waals surface area (Å²) in [6, 6.07) is 0. The van der Waals surface area contributed by atoms with Gasteiger partial charge in [-0.05, 0) is 6.42 Å². The van der Waals surface area contributed by atoms with E-state index >= 15 is 0 Å². The second-order valence-corrected chi connectivity index (χ2v) is 4.16. The Labute approximate surface area is 122 Å². The van der Waals surface area contributed by atoms with Crippen molar-refractivity contribution in [2.75, 3.05) is 0 Å². The van der Waals surface area contributed by atoms with Crippen molar-refractivity contribution < 1.29 is 9.90 Å². The predicted octanol–water partition coefficient (Wildman–Crippen LogP) is 3.55. The molecule has 91 valence electrons. The maximum atomic E-state index is 10.2. The molecule has 0 aromatic heterocycles. The molecule has 0 aromatic carbocycles. The van der Waals surface area contributed by atoms with Crippen molar-refractivity contribution in [2.45, 2.75) is 71.1 Å². The minimum atomic E-state index is -0.783. The van der Waals surface area contributed by atoms with Crippen LogP contribution in [0.15, 0.2) is 0 Å². The molecule has 0 bridgehead atoms. The van der Waals surface area contributed by atoms with Crippen LogP contribution in [0.5, 0.6) is 0 Å². The zero-order chi connectivity index (χ0) is 11.4. The Morgan fingerprint density at radius 3 is 1.81 bits per heavy atom. The molecule has 0 heterocycles. The van der Waals surface area contributed by atoms with Gasteiger partial charge in [0.2, 0.25) is 0 Å². The molecule has 1 radical (unpaired) electrons. The Bertz CT molecular complexity index is 149. The molecule has 0 aromatic rings. The van der Waals surface area contributed by atoms with Crippen LogP contribution in [0.4, 0.5) is 0 Å². The first-order valence-electron chi connectivity index (χ1n) is 6.33. The quantitative estimate of drug-likeness (QED) is 0.441. The Morgan fingerprint density at radius 2 is 1.38 bits per heavy atom. The fourth-order valence-electron chi connectivity index (χ4n) is 1.68. The number of aliphatic carboxylic acids is 1. The zero-order valence-electron chi connectivity index (χ0n) is 10.0. The van der Waals surface area contributed by atoms with Gasteiger partial charge in [-0.25, -0.2) is 0 Å². The standard InChI is InChI=1S/C13H25O2.Na.H/c1-2-3-4-5-6-7-8-9-10-11-12-13(14)15;;/h12H,2-11H2,1H3,(H,14,15);;. The topological polar surface area (TPSA) is 37.3 Å². The third-order valence-electron chi connectivity index (χ3n) is 2.63. The van der Waals surface area contributed by atoms with Gasteiger partial charge in [0.15, 0.2) is 0 Å². The zero-order valence-corrected chi connectivity index (χ0v) is 10.0. The molecule has 2 nitrogen and oxygen atoms in total. The van der Waals surface area contributed by atoms with Crippen LogP contribution in [-0.2, 0) is 4.79 Å². The third kappa shape index (κ3) is 16.9. The second kappa shape index (κ2) is 15.5. The normalized spacial score (nSPS) is 9.81. The summed E-state index contributed by atoms with van der Waals surface area (Å²) in [6.07, 6.45) is 13.7. The van der Waals surface area contributed by atoms with Gasteiger partial charge in [0.25, 0.3) is 0 Å². The van der Waals surface area contributed by atoms with Gasteiger partial charge in [-0.3, -0.25) is 4.79 Å². The van der Waals surface area contributed by atoms with E-state index in [-0.39, 0.29) is 29.6 Å². The molecule has 0 saturated carbocycles. The molecule has 3 heteroatoms. The molecule has 0 aliphatic rings. The summed E-state index contributed by atoms with van der Waals surface area (Å²) in [4.78, 5) is 10.2. The molecule has 16 heavy (non-hydrogen) atoms. The second-order valence-electron chi connectivity index (χ2n) is 4.16. The first-order valence-corrected chi connectivity index (χ1v) is 6.33. The van der Waals surface area contributed by atoms with E-state index in [1.807, 2.05) is 0 Å². The summed E-state index contributed by atoms with van der Waals surface area (Å²) in [5.41, 5.74) is 0. The molecule has 1 N–H and O–H groups in total. The molecule has 0 spiro atoms. The van der Waals surface area contributed by atoms with Crippen molar-refractivity contribution in [3.8, 4) is 0 Å². The average molecular weight is 237 g/mol. The van der Waals surface area contributed by atoms with Gasteiger partial charge in [-0.1, -0.05) is 64.7 Å². The van der Waals surface area contributed by atoms with E-state index in [4.69, 9.17) is 5.11 Å². The fraction of sp³-hybridized carbons (Fsp3) is 0.846. The number of carboxylic acid groups (broad SMARTS) is 1. The van der Waals surface area contributed by atoms with Gasteiger partial charge >= 0.3 is 35.5 Å². The number of hydrogen-bond acceptors (Lipinski definition) is 1. The molecule has 0 amide bonds. The first-order chi connectivity index (χ1) is 7.27. The van der Waals surface area contributed by atoms with Crippen LogP contribution < -0.4 is 0 Å². The number of hydrogen-bond donors (Lipinski definition) is 1. The molecular formula is C13H26NaO2. The monoisotopic (exact) mass is 237 g/mol. The molecular weight excluding hydrogens is 211 g/mol. The van der Waals surface area contributed by atoms with E-state index < -0.39 is 5.97 Å². The van der Waals surface area contributed by atoms with Crippen molar-refractivity contribution in [3.63, 3.8) is 0 Å². The van der Waals surface area contributed by atoms with Crippen LogP contribution in [-0.4, -0.2) is 40.6 Å². The van der Waals surface area contributed by atoms with Gasteiger partial charge in [-0.2, -0.15) is 0 Å². The van der Waals surface area contributed by atoms with Gasteiger partial charge in [0, 0.05) is 0 Å². The summed E-state index contributed by atoms with van der Waals surface area (Å²) in [5, 5.41) is 8.38. The number of rotatable bonds is 11. The van der Waals surface area contributed by atoms with Gasteiger partial charge < -0.3 is 5.11 Å². The molecule has 0 rings (SSSR count). The van der Waals surface area contributed by atoms with Crippen molar-refractivity contribution >= 4 is 35.5 Å². The number of carbonyl (C=O) groups is 1. The fourth-order valence-corrected chi connectivity index (χ4v) is 1.68. The van der Waals surface area contributed by atoms with Crippen LogP contribution in [0, 0.1) is 6.42 Å². The molecule has 0 fully saturated rings. The van der Waals surface area contributed by atoms with E-state index in [2.05, 4.69) is 6.92 Å². The summed E-state index contributed by atoms with van der Waals surface area (Å²) >= 11 is 0. The van der Waals surface area contributed by atoms with Crippen molar-refractivity contribution in [3.05, 3.63) is 6.42 Å². The van der Waals surface area contributed by atoms with Gasteiger partial charge in [0.05, 0.1) is 6.42 Å². The maximum absolute atomic E-state index is 10.2. The van der Waals surface area contributed by atoms with E-state index in [1.165, 1.54) is 57.8 Å². The number of unbranched alkanes of at least 4 members (excludes halogenated alkanes) is 9. The van der Waals surface area contributed by atoms with Crippen molar-refractivity contribution in [1.82, 2.24) is 0 Å². The van der Waals surface area contributed by atoms with Crippen LogP contribution >= 0.6 is 0 Å². The summed E-state index contributed by atoms with van der Waals surface area (Å²) in [6.45, 7) is 2.24. The molecule has 0 saturated heterocycles. The van der Waals surface area contributed by atoms with E-state index in [0.717, 1.165) is 12.8 Å². The van der Waals surface area contributed by atoms with E-state index in [0.29, 0.717) is 0 Å². The number of carboxylic acids is 1.